The summed E-state index contributed by atoms with van der Waals surface area (Å²) in [6.45, 7) is 3.45. The smallest absolute Gasteiger partial charge is 0.0853 e. The summed E-state index contributed by atoms with van der Waals surface area (Å²) in [5.74, 6) is 0. The Kier molecular flexibility index (Phi) is 4.15. The highest BCUT2D eigenvalue weighted by molar-refractivity contribution is 5.13. The zero-order chi connectivity index (χ0) is 12.1. The molecule has 2 atom stereocenters. The van der Waals surface area contributed by atoms with Gasteiger partial charge in [-0.25, -0.2) is 0 Å². The maximum absolute atomic E-state index is 9.73. The number of benzene rings is 1. The highest BCUT2D eigenvalue weighted by atomic mass is 16.5. The fourth-order valence-corrected chi connectivity index (χ4v) is 1.94. The molecule has 0 amide bonds. The third-order valence-electron chi connectivity index (χ3n) is 3.05. The number of hydrogen-bond acceptors (Lipinski definition) is 3. The van der Waals surface area contributed by atoms with Crippen LogP contribution in [-0.4, -0.2) is 30.0 Å². The molecule has 1 aliphatic heterocycles. The minimum atomic E-state index is -0.657. The van der Waals surface area contributed by atoms with Crippen molar-refractivity contribution in [3.8, 4) is 0 Å². The van der Waals surface area contributed by atoms with Crippen LogP contribution in [0, 0.1) is 0 Å². The standard InChI is InChI=1S/C14H20O3/c1-14(15)8-7-13(17-11-14)10-16-9-12-5-3-2-4-6-12/h2-6,13,15H,7-11H2,1H3/t13-,14+/m0/s1. The predicted molar refractivity (Wildman–Crippen MR) is 65.7 cm³/mol. The van der Waals surface area contributed by atoms with Gasteiger partial charge < -0.3 is 14.6 Å². The molecule has 2 rings (SSSR count). The van der Waals surface area contributed by atoms with E-state index in [1.807, 2.05) is 37.3 Å². The molecule has 1 saturated heterocycles. The van der Waals surface area contributed by atoms with Gasteiger partial charge in [-0.05, 0) is 25.3 Å². The molecule has 94 valence electrons. The molecule has 1 N–H and O–H groups in total. The topological polar surface area (TPSA) is 38.7 Å². The lowest BCUT2D eigenvalue weighted by atomic mass is 9.96. The van der Waals surface area contributed by atoms with Gasteiger partial charge in [-0.15, -0.1) is 0 Å². The lowest BCUT2D eigenvalue weighted by Crippen LogP contribution is -2.40. The van der Waals surface area contributed by atoms with E-state index in [4.69, 9.17) is 9.47 Å². The van der Waals surface area contributed by atoms with Crippen molar-refractivity contribution < 1.29 is 14.6 Å². The first-order valence-corrected chi connectivity index (χ1v) is 6.11. The van der Waals surface area contributed by atoms with E-state index in [1.54, 1.807) is 0 Å². The third-order valence-corrected chi connectivity index (χ3v) is 3.05. The van der Waals surface area contributed by atoms with E-state index in [9.17, 15) is 5.11 Å². The summed E-state index contributed by atoms with van der Waals surface area (Å²) >= 11 is 0. The molecule has 0 unspecified atom stereocenters. The Hall–Kier alpha value is -0.900. The predicted octanol–water partition coefficient (Wildman–Crippen LogP) is 2.13. The second kappa shape index (κ2) is 5.63. The van der Waals surface area contributed by atoms with Crippen LogP contribution < -0.4 is 0 Å². The quantitative estimate of drug-likeness (QED) is 0.870. The number of aliphatic hydroxyl groups is 1. The van der Waals surface area contributed by atoms with Crippen LogP contribution in [0.2, 0.25) is 0 Å². The van der Waals surface area contributed by atoms with Gasteiger partial charge in [0.15, 0.2) is 0 Å². The molecule has 3 heteroatoms. The molecule has 1 aromatic rings. The van der Waals surface area contributed by atoms with Gasteiger partial charge in [-0.3, -0.25) is 0 Å². The Morgan fingerprint density at radius 2 is 2.18 bits per heavy atom. The van der Waals surface area contributed by atoms with Crippen LogP contribution in [0.25, 0.3) is 0 Å². The largest absolute Gasteiger partial charge is 0.388 e. The lowest BCUT2D eigenvalue weighted by Gasteiger charge is -2.33. The van der Waals surface area contributed by atoms with Gasteiger partial charge in [0.1, 0.15) is 0 Å². The molecule has 0 aromatic heterocycles. The molecule has 0 radical (unpaired) electrons. The Morgan fingerprint density at radius 1 is 1.41 bits per heavy atom. The van der Waals surface area contributed by atoms with E-state index >= 15 is 0 Å². The van der Waals surface area contributed by atoms with Crippen LogP contribution in [0.15, 0.2) is 30.3 Å². The van der Waals surface area contributed by atoms with Crippen molar-refractivity contribution in [2.75, 3.05) is 13.2 Å². The molecule has 1 aliphatic rings. The van der Waals surface area contributed by atoms with Crippen LogP contribution in [0.5, 0.6) is 0 Å². The van der Waals surface area contributed by atoms with Crippen LogP contribution in [0.4, 0.5) is 0 Å². The summed E-state index contributed by atoms with van der Waals surface area (Å²) in [5.41, 5.74) is 0.519. The normalized spacial score (nSPS) is 29.2. The van der Waals surface area contributed by atoms with E-state index < -0.39 is 5.60 Å². The second-order valence-electron chi connectivity index (χ2n) is 4.97. The van der Waals surface area contributed by atoms with Crippen LogP contribution in [0.3, 0.4) is 0 Å². The highest BCUT2D eigenvalue weighted by Gasteiger charge is 2.29. The van der Waals surface area contributed by atoms with Gasteiger partial charge in [-0.1, -0.05) is 30.3 Å². The highest BCUT2D eigenvalue weighted by Crippen LogP contribution is 2.22. The maximum Gasteiger partial charge on any atom is 0.0853 e. The summed E-state index contributed by atoms with van der Waals surface area (Å²) < 4.78 is 11.2. The molecule has 1 heterocycles. The van der Waals surface area contributed by atoms with Crippen molar-refractivity contribution in [2.45, 2.75) is 38.1 Å². The fraction of sp³-hybridized carbons (Fsp3) is 0.571. The fourth-order valence-electron chi connectivity index (χ4n) is 1.94. The van der Waals surface area contributed by atoms with Gasteiger partial charge in [0.2, 0.25) is 0 Å². The minimum Gasteiger partial charge on any atom is -0.388 e. The van der Waals surface area contributed by atoms with Crippen molar-refractivity contribution in [2.24, 2.45) is 0 Å². The Bertz CT molecular complexity index is 325. The molecule has 3 nitrogen and oxygen atoms in total. The molecular weight excluding hydrogens is 216 g/mol. The first-order valence-electron chi connectivity index (χ1n) is 6.11. The second-order valence-corrected chi connectivity index (χ2v) is 4.97. The number of ether oxygens (including phenoxy) is 2. The van der Waals surface area contributed by atoms with E-state index in [2.05, 4.69) is 0 Å². The van der Waals surface area contributed by atoms with Crippen LogP contribution in [-0.2, 0) is 16.1 Å². The van der Waals surface area contributed by atoms with Crippen molar-refractivity contribution in [1.82, 2.24) is 0 Å². The molecule has 1 fully saturated rings. The van der Waals surface area contributed by atoms with Crippen molar-refractivity contribution >= 4 is 0 Å². The Balaban J connectivity index is 1.67. The van der Waals surface area contributed by atoms with Crippen molar-refractivity contribution in [3.05, 3.63) is 35.9 Å². The van der Waals surface area contributed by atoms with Gasteiger partial charge in [0.05, 0.1) is 31.5 Å². The van der Waals surface area contributed by atoms with Gasteiger partial charge in [-0.2, -0.15) is 0 Å². The first-order chi connectivity index (χ1) is 8.16. The lowest BCUT2D eigenvalue weighted by molar-refractivity contribution is -0.129. The van der Waals surface area contributed by atoms with Crippen molar-refractivity contribution in [1.29, 1.82) is 0 Å². The minimum absolute atomic E-state index is 0.124. The van der Waals surface area contributed by atoms with Gasteiger partial charge in [0.25, 0.3) is 0 Å². The van der Waals surface area contributed by atoms with E-state index in [-0.39, 0.29) is 6.10 Å². The van der Waals surface area contributed by atoms with Crippen LogP contribution >= 0.6 is 0 Å². The van der Waals surface area contributed by atoms with E-state index in [0.29, 0.717) is 19.8 Å². The van der Waals surface area contributed by atoms with Crippen LogP contribution in [0.1, 0.15) is 25.3 Å². The number of hydrogen-bond donors (Lipinski definition) is 1. The summed E-state index contributed by atoms with van der Waals surface area (Å²) in [5, 5.41) is 9.73. The molecule has 0 saturated carbocycles. The third kappa shape index (κ3) is 4.11. The summed E-state index contributed by atoms with van der Waals surface area (Å²) in [6.07, 6.45) is 1.77. The molecular formula is C14H20O3. The Labute approximate surface area is 102 Å². The number of rotatable bonds is 4. The average Bonchev–Trinajstić information content (AvgIpc) is 2.33. The summed E-state index contributed by atoms with van der Waals surface area (Å²) in [7, 11) is 0. The SMILES string of the molecule is C[C@@]1(O)CC[C@@H](COCc2ccccc2)OC1. The molecule has 0 aliphatic carbocycles. The first kappa shape index (κ1) is 12.6. The summed E-state index contributed by atoms with van der Waals surface area (Å²) in [6, 6.07) is 10.1. The molecule has 0 spiro atoms. The molecule has 17 heavy (non-hydrogen) atoms. The van der Waals surface area contributed by atoms with Gasteiger partial charge in [0, 0.05) is 0 Å². The van der Waals surface area contributed by atoms with E-state index in [0.717, 1.165) is 12.8 Å². The molecule has 0 bridgehead atoms. The molecule has 1 aromatic carbocycles. The van der Waals surface area contributed by atoms with E-state index in [1.165, 1.54) is 5.56 Å². The monoisotopic (exact) mass is 236 g/mol. The zero-order valence-electron chi connectivity index (χ0n) is 10.3. The maximum atomic E-state index is 9.73. The summed E-state index contributed by atoms with van der Waals surface area (Å²) in [4.78, 5) is 0. The average molecular weight is 236 g/mol. The van der Waals surface area contributed by atoms with Gasteiger partial charge >= 0.3 is 0 Å². The zero-order valence-corrected chi connectivity index (χ0v) is 10.3. The Morgan fingerprint density at radius 3 is 2.82 bits per heavy atom. The van der Waals surface area contributed by atoms with Crippen molar-refractivity contribution in [3.63, 3.8) is 0 Å².